The lowest BCUT2D eigenvalue weighted by molar-refractivity contribution is 0.665. The van der Waals surface area contributed by atoms with E-state index in [0.29, 0.717) is 11.7 Å². The predicted octanol–water partition coefficient (Wildman–Crippen LogP) is 2.72. The molecule has 0 saturated carbocycles. The second-order valence-electron chi connectivity index (χ2n) is 3.52. The minimum atomic E-state index is 0.576. The summed E-state index contributed by atoms with van der Waals surface area (Å²) in [6.07, 6.45) is 5.22. The molecule has 0 atom stereocenters. The Bertz CT molecular complexity index is 290. The number of anilines is 1. The van der Waals surface area contributed by atoms with E-state index >= 15 is 0 Å². The zero-order valence-electron chi connectivity index (χ0n) is 8.20. The molecule has 0 aliphatic rings. The lowest BCUT2D eigenvalue weighted by atomic mass is 10.1. The summed E-state index contributed by atoms with van der Waals surface area (Å²) in [5, 5.41) is 0. The lowest BCUT2D eigenvalue weighted by Gasteiger charge is -1.97. The van der Waals surface area contributed by atoms with Crippen LogP contribution in [0.3, 0.4) is 0 Å². The molecule has 13 heavy (non-hydrogen) atoms. The molecule has 1 aromatic rings. The Balaban J connectivity index is 2.58. The number of hydrogen-bond acceptors (Lipinski definition) is 2. The van der Waals surface area contributed by atoms with Crippen LogP contribution >= 0.6 is 0 Å². The number of aromatic nitrogens is 1. The summed E-state index contributed by atoms with van der Waals surface area (Å²) in [7, 11) is 0. The third-order valence-corrected chi connectivity index (χ3v) is 1.69. The van der Waals surface area contributed by atoms with Crippen LogP contribution in [0.5, 0.6) is 0 Å². The van der Waals surface area contributed by atoms with E-state index in [4.69, 9.17) is 5.73 Å². The predicted molar refractivity (Wildman–Crippen MR) is 57.1 cm³/mol. The van der Waals surface area contributed by atoms with Gasteiger partial charge in [0.05, 0.1) is 5.69 Å². The Hall–Kier alpha value is -1.31. The highest BCUT2D eigenvalue weighted by molar-refractivity contribution is 5.47. The molecular formula is C11H16N2. The number of nitrogens with two attached hydrogens (primary N) is 1. The van der Waals surface area contributed by atoms with Gasteiger partial charge in [0.15, 0.2) is 0 Å². The summed E-state index contributed by atoms with van der Waals surface area (Å²) in [6.45, 7) is 4.38. The van der Waals surface area contributed by atoms with Gasteiger partial charge in [0.1, 0.15) is 5.82 Å². The highest BCUT2D eigenvalue weighted by Gasteiger charge is 1.90. The van der Waals surface area contributed by atoms with Crippen molar-refractivity contribution < 1.29 is 0 Å². The number of rotatable bonds is 3. The normalized spacial score (nSPS) is 11.3. The third kappa shape index (κ3) is 3.74. The van der Waals surface area contributed by atoms with E-state index in [1.807, 2.05) is 18.2 Å². The highest BCUT2D eigenvalue weighted by atomic mass is 14.8. The standard InChI is InChI=1S/C11H16N2/c1-9(2)5-3-6-10-7-4-8-11(12)13-10/h3-4,6-9H,5H2,1-2H3,(H2,12,13)/b6-3-. The molecule has 2 heteroatoms. The van der Waals surface area contributed by atoms with Crippen LogP contribution in [0.15, 0.2) is 24.3 Å². The van der Waals surface area contributed by atoms with Crippen molar-refractivity contribution in [3.05, 3.63) is 30.0 Å². The Morgan fingerprint density at radius 2 is 2.23 bits per heavy atom. The monoisotopic (exact) mass is 176 g/mol. The minimum Gasteiger partial charge on any atom is -0.384 e. The first-order valence-corrected chi connectivity index (χ1v) is 4.57. The number of nitrogen functional groups attached to an aromatic ring is 1. The fourth-order valence-electron chi connectivity index (χ4n) is 1.02. The maximum Gasteiger partial charge on any atom is 0.124 e. The van der Waals surface area contributed by atoms with Crippen LogP contribution < -0.4 is 5.73 Å². The lowest BCUT2D eigenvalue weighted by Crippen LogP contribution is -1.90. The van der Waals surface area contributed by atoms with E-state index in [9.17, 15) is 0 Å². The number of nitrogens with zero attached hydrogens (tertiary/aromatic N) is 1. The van der Waals surface area contributed by atoms with Crippen molar-refractivity contribution in [1.29, 1.82) is 0 Å². The molecule has 0 aromatic carbocycles. The van der Waals surface area contributed by atoms with E-state index in [0.717, 1.165) is 12.1 Å². The maximum atomic E-state index is 5.55. The fraction of sp³-hybridized carbons (Fsp3) is 0.364. The van der Waals surface area contributed by atoms with E-state index in [1.54, 1.807) is 6.07 Å². The molecule has 0 unspecified atom stereocenters. The van der Waals surface area contributed by atoms with Gasteiger partial charge in [0.25, 0.3) is 0 Å². The van der Waals surface area contributed by atoms with Crippen molar-refractivity contribution >= 4 is 11.9 Å². The van der Waals surface area contributed by atoms with Gasteiger partial charge in [0.2, 0.25) is 0 Å². The van der Waals surface area contributed by atoms with Gasteiger partial charge in [-0.3, -0.25) is 0 Å². The van der Waals surface area contributed by atoms with Crippen LogP contribution in [-0.4, -0.2) is 4.98 Å². The van der Waals surface area contributed by atoms with Crippen molar-refractivity contribution in [2.24, 2.45) is 5.92 Å². The summed E-state index contributed by atoms with van der Waals surface area (Å²) in [6, 6.07) is 5.66. The van der Waals surface area contributed by atoms with Gasteiger partial charge >= 0.3 is 0 Å². The topological polar surface area (TPSA) is 38.9 Å². The minimum absolute atomic E-state index is 0.576. The van der Waals surface area contributed by atoms with E-state index in [1.165, 1.54) is 0 Å². The molecule has 2 nitrogen and oxygen atoms in total. The van der Waals surface area contributed by atoms with Crippen LogP contribution in [0.25, 0.3) is 6.08 Å². The van der Waals surface area contributed by atoms with E-state index in [2.05, 4.69) is 24.9 Å². The molecule has 0 fully saturated rings. The van der Waals surface area contributed by atoms with Gasteiger partial charge in [0, 0.05) is 0 Å². The van der Waals surface area contributed by atoms with Crippen molar-refractivity contribution in [3.8, 4) is 0 Å². The molecule has 0 radical (unpaired) electrons. The van der Waals surface area contributed by atoms with Gasteiger partial charge in [-0.25, -0.2) is 4.98 Å². The Kier molecular flexibility index (Phi) is 3.50. The third-order valence-electron chi connectivity index (χ3n) is 1.69. The smallest absolute Gasteiger partial charge is 0.124 e. The summed E-state index contributed by atoms with van der Waals surface area (Å²) < 4.78 is 0. The van der Waals surface area contributed by atoms with Crippen molar-refractivity contribution in [1.82, 2.24) is 4.98 Å². The van der Waals surface area contributed by atoms with Crippen LogP contribution in [0.4, 0.5) is 5.82 Å². The Morgan fingerprint density at radius 3 is 2.85 bits per heavy atom. The molecule has 0 amide bonds. The van der Waals surface area contributed by atoms with Crippen LogP contribution in [-0.2, 0) is 0 Å². The zero-order valence-corrected chi connectivity index (χ0v) is 8.20. The summed E-state index contributed by atoms with van der Waals surface area (Å²) >= 11 is 0. The molecule has 0 aliphatic carbocycles. The molecule has 70 valence electrons. The first-order valence-electron chi connectivity index (χ1n) is 4.57. The quantitative estimate of drug-likeness (QED) is 0.769. The average Bonchev–Trinajstić information content (AvgIpc) is 2.03. The van der Waals surface area contributed by atoms with E-state index < -0.39 is 0 Å². The first kappa shape index (κ1) is 9.78. The Morgan fingerprint density at radius 1 is 1.46 bits per heavy atom. The highest BCUT2D eigenvalue weighted by Crippen LogP contribution is 2.05. The molecular weight excluding hydrogens is 160 g/mol. The molecule has 0 spiro atoms. The van der Waals surface area contributed by atoms with Crippen molar-refractivity contribution in [3.63, 3.8) is 0 Å². The van der Waals surface area contributed by atoms with Gasteiger partial charge in [-0.05, 0) is 30.5 Å². The molecule has 1 heterocycles. The summed E-state index contributed by atoms with van der Waals surface area (Å²) in [4.78, 5) is 4.16. The number of hydrogen-bond donors (Lipinski definition) is 1. The van der Waals surface area contributed by atoms with Gasteiger partial charge in [-0.15, -0.1) is 0 Å². The summed E-state index contributed by atoms with van der Waals surface area (Å²) in [5.74, 6) is 1.27. The SMILES string of the molecule is CC(C)C/C=C\c1cccc(N)n1. The molecule has 1 rings (SSSR count). The molecule has 0 bridgehead atoms. The number of allylic oxidation sites excluding steroid dienone is 1. The Labute approximate surface area is 79.5 Å². The number of pyridine rings is 1. The largest absolute Gasteiger partial charge is 0.384 e. The fourth-order valence-corrected chi connectivity index (χ4v) is 1.02. The van der Waals surface area contributed by atoms with Crippen LogP contribution in [0.2, 0.25) is 0 Å². The second kappa shape index (κ2) is 4.65. The van der Waals surface area contributed by atoms with Crippen molar-refractivity contribution in [2.45, 2.75) is 20.3 Å². The van der Waals surface area contributed by atoms with Gasteiger partial charge in [-0.2, -0.15) is 0 Å². The molecule has 0 aliphatic heterocycles. The first-order chi connectivity index (χ1) is 6.18. The van der Waals surface area contributed by atoms with Gasteiger partial charge < -0.3 is 5.73 Å². The van der Waals surface area contributed by atoms with Gasteiger partial charge in [-0.1, -0.05) is 26.0 Å². The molecule has 1 aromatic heterocycles. The average molecular weight is 176 g/mol. The second-order valence-corrected chi connectivity index (χ2v) is 3.52. The van der Waals surface area contributed by atoms with E-state index in [-0.39, 0.29) is 0 Å². The molecule has 2 N–H and O–H groups in total. The van der Waals surface area contributed by atoms with Crippen molar-refractivity contribution in [2.75, 3.05) is 5.73 Å². The van der Waals surface area contributed by atoms with Crippen LogP contribution in [0.1, 0.15) is 26.0 Å². The van der Waals surface area contributed by atoms with Crippen LogP contribution in [0, 0.1) is 5.92 Å². The molecule has 0 saturated heterocycles. The zero-order chi connectivity index (χ0) is 9.68. The summed E-state index contributed by atoms with van der Waals surface area (Å²) in [5.41, 5.74) is 6.48. The maximum absolute atomic E-state index is 5.55.